The van der Waals surface area contributed by atoms with Crippen molar-refractivity contribution in [2.45, 2.75) is 25.6 Å². The van der Waals surface area contributed by atoms with Crippen LogP contribution in [0.25, 0.3) is 0 Å². The van der Waals surface area contributed by atoms with Crippen LogP contribution in [0.2, 0.25) is 5.02 Å². The molecule has 0 bridgehead atoms. The Balaban J connectivity index is 1.67. The molecule has 1 aromatic carbocycles. The monoisotopic (exact) mass is 381 g/mol. The molecule has 1 aromatic heterocycles. The van der Waals surface area contributed by atoms with E-state index in [1.54, 1.807) is 10.9 Å². The number of aromatic nitrogens is 2. The van der Waals surface area contributed by atoms with Gasteiger partial charge in [0.25, 0.3) is 0 Å². The molecular formula is C18H21ClFN3O3. The van der Waals surface area contributed by atoms with Crippen molar-refractivity contribution in [1.82, 2.24) is 15.1 Å². The van der Waals surface area contributed by atoms with E-state index in [4.69, 9.17) is 16.3 Å². The molecule has 1 fully saturated rings. The average Bonchev–Trinajstić information content (AvgIpc) is 3.20. The Labute approximate surface area is 155 Å². The molecule has 1 aliphatic heterocycles. The highest BCUT2D eigenvalue weighted by Gasteiger charge is 2.37. The molecule has 0 spiro atoms. The molecule has 0 unspecified atom stereocenters. The van der Waals surface area contributed by atoms with Gasteiger partial charge in [-0.05, 0) is 25.5 Å². The average molecular weight is 382 g/mol. The van der Waals surface area contributed by atoms with E-state index in [0.29, 0.717) is 13.0 Å². The van der Waals surface area contributed by atoms with Crippen LogP contribution in [0, 0.1) is 18.7 Å². The van der Waals surface area contributed by atoms with Crippen LogP contribution in [0.1, 0.15) is 35.4 Å². The van der Waals surface area contributed by atoms with Crippen molar-refractivity contribution < 1.29 is 19.0 Å². The zero-order valence-corrected chi connectivity index (χ0v) is 15.3. The number of hydrogen-bond acceptors (Lipinski definition) is 4. The van der Waals surface area contributed by atoms with Crippen molar-refractivity contribution in [2.75, 3.05) is 13.2 Å². The standard InChI is InChI=1S/C18H21ClFN3O3/c1-10-12(8-22-23(10)2)17-11(6-7-26-17)18(25)21-9-15(24)16-13(19)4-3-5-14(16)20/h3-5,8,11,15,17,24H,6-7,9H2,1-2H3,(H,21,25)/t11-,15+,17-/m0/s1. The van der Waals surface area contributed by atoms with Gasteiger partial charge in [-0.15, -0.1) is 0 Å². The first-order valence-corrected chi connectivity index (χ1v) is 8.77. The fourth-order valence-electron chi connectivity index (χ4n) is 3.22. The number of rotatable bonds is 5. The first kappa shape index (κ1) is 18.8. The van der Waals surface area contributed by atoms with E-state index in [1.165, 1.54) is 18.2 Å². The van der Waals surface area contributed by atoms with Gasteiger partial charge in [-0.1, -0.05) is 17.7 Å². The molecule has 3 atom stereocenters. The minimum absolute atomic E-state index is 0.0169. The predicted molar refractivity (Wildman–Crippen MR) is 94.1 cm³/mol. The van der Waals surface area contributed by atoms with Crippen molar-refractivity contribution in [3.05, 3.63) is 52.1 Å². The molecule has 2 heterocycles. The quantitative estimate of drug-likeness (QED) is 0.834. The molecule has 1 amide bonds. The summed E-state index contributed by atoms with van der Waals surface area (Å²) in [5.74, 6) is -1.24. The van der Waals surface area contributed by atoms with Crippen LogP contribution in [0.5, 0.6) is 0 Å². The van der Waals surface area contributed by atoms with Crippen LogP contribution in [0.3, 0.4) is 0 Å². The van der Waals surface area contributed by atoms with Gasteiger partial charge in [0.05, 0.1) is 18.2 Å². The largest absolute Gasteiger partial charge is 0.386 e. The van der Waals surface area contributed by atoms with Gasteiger partial charge in [-0.2, -0.15) is 5.10 Å². The maximum absolute atomic E-state index is 13.9. The van der Waals surface area contributed by atoms with Gasteiger partial charge in [0.1, 0.15) is 11.9 Å². The summed E-state index contributed by atoms with van der Waals surface area (Å²) in [6.45, 7) is 2.26. The molecule has 0 aliphatic carbocycles. The summed E-state index contributed by atoms with van der Waals surface area (Å²) in [7, 11) is 1.83. The molecule has 3 rings (SSSR count). The molecule has 8 heteroatoms. The van der Waals surface area contributed by atoms with Gasteiger partial charge in [-0.25, -0.2) is 4.39 Å². The summed E-state index contributed by atoms with van der Waals surface area (Å²) in [5.41, 5.74) is 1.80. The first-order chi connectivity index (χ1) is 12.4. The van der Waals surface area contributed by atoms with Crippen LogP contribution in [-0.4, -0.2) is 33.9 Å². The molecule has 26 heavy (non-hydrogen) atoms. The number of amides is 1. The minimum atomic E-state index is -1.23. The normalized spacial score (nSPS) is 21.0. The van der Waals surface area contributed by atoms with E-state index in [1.807, 2.05) is 14.0 Å². The van der Waals surface area contributed by atoms with Gasteiger partial charge in [0, 0.05) is 42.0 Å². The van der Waals surface area contributed by atoms with E-state index < -0.39 is 11.9 Å². The van der Waals surface area contributed by atoms with Crippen molar-refractivity contribution >= 4 is 17.5 Å². The van der Waals surface area contributed by atoms with E-state index >= 15 is 0 Å². The molecule has 6 nitrogen and oxygen atoms in total. The highest BCUT2D eigenvalue weighted by atomic mass is 35.5. The lowest BCUT2D eigenvalue weighted by Gasteiger charge is -2.20. The van der Waals surface area contributed by atoms with Crippen molar-refractivity contribution in [3.8, 4) is 0 Å². The number of ether oxygens (including phenoxy) is 1. The Kier molecular flexibility index (Phi) is 5.60. The molecule has 0 radical (unpaired) electrons. The van der Waals surface area contributed by atoms with E-state index in [2.05, 4.69) is 10.4 Å². The lowest BCUT2D eigenvalue weighted by molar-refractivity contribution is -0.127. The number of nitrogens with one attached hydrogen (secondary N) is 1. The molecule has 1 aliphatic rings. The number of aliphatic hydroxyl groups excluding tert-OH is 1. The molecule has 2 N–H and O–H groups in total. The van der Waals surface area contributed by atoms with Crippen molar-refractivity contribution in [2.24, 2.45) is 13.0 Å². The zero-order valence-electron chi connectivity index (χ0n) is 14.6. The second kappa shape index (κ2) is 7.73. The highest BCUT2D eigenvalue weighted by molar-refractivity contribution is 6.31. The second-order valence-corrected chi connectivity index (χ2v) is 6.80. The Morgan fingerprint density at radius 2 is 2.35 bits per heavy atom. The maximum Gasteiger partial charge on any atom is 0.226 e. The molecular weight excluding hydrogens is 361 g/mol. The number of hydrogen-bond donors (Lipinski definition) is 2. The smallest absolute Gasteiger partial charge is 0.226 e. The number of halogens is 2. The van der Waals surface area contributed by atoms with Gasteiger partial charge in [0.15, 0.2) is 0 Å². The second-order valence-electron chi connectivity index (χ2n) is 6.39. The summed E-state index contributed by atoms with van der Waals surface area (Å²) >= 11 is 5.95. The summed E-state index contributed by atoms with van der Waals surface area (Å²) in [6.07, 6.45) is 0.674. The Hall–Kier alpha value is -1.96. The lowest BCUT2D eigenvalue weighted by Crippen LogP contribution is -2.35. The predicted octanol–water partition coefficient (Wildman–Crippen LogP) is 2.45. The minimum Gasteiger partial charge on any atom is -0.386 e. The number of carbonyl (C=O) groups is 1. The highest BCUT2D eigenvalue weighted by Crippen LogP contribution is 2.36. The van der Waals surface area contributed by atoms with E-state index in [0.717, 1.165) is 11.3 Å². The Morgan fingerprint density at radius 3 is 3.00 bits per heavy atom. The zero-order chi connectivity index (χ0) is 18.8. The molecule has 1 saturated heterocycles. The Morgan fingerprint density at radius 1 is 1.58 bits per heavy atom. The van der Waals surface area contributed by atoms with Crippen LogP contribution >= 0.6 is 11.6 Å². The first-order valence-electron chi connectivity index (χ1n) is 8.40. The fourth-order valence-corrected chi connectivity index (χ4v) is 3.51. The van der Waals surface area contributed by atoms with Crippen LogP contribution < -0.4 is 5.32 Å². The lowest BCUT2D eigenvalue weighted by atomic mass is 9.94. The number of nitrogens with zero attached hydrogens (tertiary/aromatic N) is 2. The van der Waals surface area contributed by atoms with Crippen LogP contribution in [-0.2, 0) is 16.6 Å². The van der Waals surface area contributed by atoms with Crippen LogP contribution in [0.15, 0.2) is 24.4 Å². The van der Waals surface area contributed by atoms with Crippen LogP contribution in [0.4, 0.5) is 4.39 Å². The van der Waals surface area contributed by atoms with Gasteiger partial charge < -0.3 is 15.2 Å². The summed E-state index contributed by atoms with van der Waals surface area (Å²) in [6, 6.07) is 4.18. The fraction of sp³-hybridized carbons (Fsp3) is 0.444. The SMILES string of the molecule is Cc1c([C@H]2OCC[C@@H]2C(=O)NC[C@@H](O)c2c(F)cccc2Cl)cnn1C. The number of aryl methyl sites for hydroxylation is 1. The number of aliphatic hydroxyl groups is 1. The van der Waals surface area contributed by atoms with E-state index in [9.17, 15) is 14.3 Å². The Bertz CT molecular complexity index is 791. The topological polar surface area (TPSA) is 76.4 Å². The molecule has 140 valence electrons. The third-order valence-electron chi connectivity index (χ3n) is 4.81. The van der Waals surface area contributed by atoms with E-state index in [-0.39, 0.29) is 35.1 Å². The third-order valence-corrected chi connectivity index (χ3v) is 5.14. The van der Waals surface area contributed by atoms with Gasteiger partial charge in [-0.3, -0.25) is 9.48 Å². The number of benzene rings is 1. The summed E-state index contributed by atoms with van der Waals surface area (Å²) in [4.78, 5) is 12.6. The maximum atomic E-state index is 13.9. The third kappa shape index (κ3) is 3.60. The summed E-state index contributed by atoms with van der Waals surface area (Å²) < 4.78 is 21.3. The number of carbonyl (C=O) groups excluding carboxylic acids is 1. The van der Waals surface area contributed by atoms with Crippen molar-refractivity contribution in [1.29, 1.82) is 0 Å². The molecule has 0 saturated carbocycles. The molecule has 2 aromatic rings. The van der Waals surface area contributed by atoms with Gasteiger partial charge >= 0.3 is 0 Å². The van der Waals surface area contributed by atoms with Crippen molar-refractivity contribution in [3.63, 3.8) is 0 Å². The van der Waals surface area contributed by atoms with Gasteiger partial charge in [0.2, 0.25) is 5.91 Å². The summed E-state index contributed by atoms with van der Waals surface area (Å²) in [5, 5.41) is 17.2.